The number of rotatable bonds is 5. The number of benzene rings is 2. The Labute approximate surface area is 197 Å². The summed E-state index contributed by atoms with van der Waals surface area (Å²) in [7, 11) is 0. The number of anilines is 1. The highest BCUT2D eigenvalue weighted by Gasteiger charge is 2.35. The minimum Gasteiger partial charge on any atom is -0.457 e. The number of halogens is 6. The molecule has 0 unspecified atom stereocenters. The molecule has 3 aromatic rings. The lowest BCUT2D eigenvalue weighted by atomic mass is 10.2. The van der Waals surface area contributed by atoms with Gasteiger partial charge in [-0.1, -0.05) is 0 Å². The fraction of sp³-hybridized carbons (Fsp3) is 0.0909. The number of amidine groups is 1. The summed E-state index contributed by atoms with van der Waals surface area (Å²) in [6.45, 7) is 0. The molecule has 13 heteroatoms. The number of hydrogen-bond acceptors (Lipinski definition) is 6. The second kappa shape index (κ2) is 9.06. The Morgan fingerprint density at radius 3 is 1.91 bits per heavy atom. The topological polar surface area (TPSA) is 75.8 Å². The Bertz CT molecular complexity index is 1280. The van der Waals surface area contributed by atoms with Gasteiger partial charge in [-0.25, -0.2) is 0 Å². The predicted octanol–water partition coefficient (Wildman–Crippen LogP) is 6.80. The molecule has 0 aliphatic carbocycles. The third-order valence-corrected chi connectivity index (χ3v) is 5.31. The summed E-state index contributed by atoms with van der Waals surface area (Å²) < 4.78 is 87.1. The Hall–Kier alpha value is -3.87. The monoisotopic (exact) mass is 514 g/mol. The summed E-state index contributed by atoms with van der Waals surface area (Å²) in [5.74, 6) is -0.882. The average Bonchev–Trinajstić information content (AvgIpc) is 3.32. The van der Waals surface area contributed by atoms with E-state index < -0.39 is 24.4 Å². The maximum absolute atomic E-state index is 12.8. The molecule has 182 valence electrons. The third kappa shape index (κ3) is 5.98. The SMILES string of the molecule is N=C1S/C(=C\c2ccc(-c3ccc(OC(F)(F)F)cc3)o2)C(=O)N1c1ccc(OC(F)(F)F)cc1. The molecule has 1 aliphatic heterocycles. The highest BCUT2D eigenvalue weighted by molar-refractivity contribution is 8.19. The van der Waals surface area contributed by atoms with E-state index in [1.165, 1.54) is 36.4 Å². The molecule has 1 amide bonds. The van der Waals surface area contributed by atoms with Crippen molar-refractivity contribution in [3.63, 3.8) is 0 Å². The van der Waals surface area contributed by atoms with Gasteiger partial charge in [0.05, 0.1) is 10.6 Å². The van der Waals surface area contributed by atoms with Gasteiger partial charge in [-0.3, -0.25) is 15.1 Å². The molecule has 4 rings (SSSR count). The van der Waals surface area contributed by atoms with E-state index in [0.717, 1.165) is 40.9 Å². The zero-order valence-corrected chi connectivity index (χ0v) is 17.9. The van der Waals surface area contributed by atoms with Crippen LogP contribution >= 0.6 is 11.8 Å². The molecule has 1 aliphatic rings. The molecule has 2 heterocycles. The average molecular weight is 514 g/mol. The number of furan rings is 1. The molecule has 0 spiro atoms. The van der Waals surface area contributed by atoms with E-state index >= 15 is 0 Å². The number of amides is 1. The van der Waals surface area contributed by atoms with Crippen LogP contribution < -0.4 is 14.4 Å². The quantitative estimate of drug-likeness (QED) is 0.299. The van der Waals surface area contributed by atoms with Crippen molar-refractivity contribution in [2.45, 2.75) is 12.7 Å². The van der Waals surface area contributed by atoms with Gasteiger partial charge in [0.1, 0.15) is 23.0 Å². The fourth-order valence-corrected chi connectivity index (χ4v) is 3.90. The first kappa shape index (κ1) is 24.3. The van der Waals surface area contributed by atoms with Crippen LogP contribution in [0.4, 0.5) is 32.0 Å². The minimum absolute atomic E-state index is 0.125. The van der Waals surface area contributed by atoms with Crippen molar-refractivity contribution in [3.8, 4) is 22.8 Å². The summed E-state index contributed by atoms with van der Waals surface area (Å²) in [5, 5.41) is 7.91. The molecule has 2 aromatic carbocycles. The molecule has 1 N–H and O–H groups in total. The molecule has 0 saturated carbocycles. The van der Waals surface area contributed by atoms with Crippen LogP contribution in [0, 0.1) is 5.41 Å². The Morgan fingerprint density at radius 1 is 0.829 bits per heavy atom. The summed E-state index contributed by atoms with van der Waals surface area (Å²) >= 11 is 0.824. The zero-order chi connectivity index (χ0) is 25.4. The van der Waals surface area contributed by atoms with E-state index in [4.69, 9.17) is 9.83 Å². The maximum Gasteiger partial charge on any atom is 0.573 e. The van der Waals surface area contributed by atoms with Crippen LogP contribution in [0.15, 0.2) is 70.0 Å². The van der Waals surface area contributed by atoms with Crippen molar-refractivity contribution in [2.24, 2.45) is 0 Å². The van der Waals surface area contributed by atoms with Crippen molar-refractivity contribution in [2.75, 3.05) is 4.90 Å². The van der Waals surface area contributed by atoms with E-state index in [0.29, 0.717) is 11.3 Å². The van der Waals surface area contributed by atoms with Crippen LogP contribution in [0.2, 0.25) is 0 Å². The predicted molar refractivity (Wildman–Crippen MR) is 115 cm³/mol. The number of hydrogen-bond donors (Lipinski definition) is 1. The summed E-state index contributed by atoms with van der Waals surface area (Å²) in [5.41, 5.74) is 0.636. The summed E-state index contributed by atoms with van der Waals surface area (Å²) in [4.78, 5) is 13.9. The number of ether oxygens (including phenoxy) is 2. The third-order valence-electron chi connectivity index (χ3n) is 4.42. The van der Waals surface area contributed by atoms with Crippen LogP contribution in [0.25, 0.3) is 17.4 Å². The smallest absolute Gasteiger partial charge is 0.457 e. The number of carbonyl (C=O) groups is 1. The summed E-state index contributed by atoms with van der Waals surface area (Å²) in [6.07, 6.45) is -8.28. The normalized spacial score (nSPS) is 15.7. The van der Waals surface area contributed by atoms with E-state index in [1.54, 1.807) is 6.07 Å². The van der Waals surface area contributed by atoms with Gasteiger partial charge < -0.3 is 13.9 Å². The van der Waals surface area contributed by atoms with Crippen LogP contribution in [0.1, 0.15) is 5.76 Å². The van der Waals surface area contributed by atoms with Crippen LogP contribution in [-0.2, 0) is 4.79 Å². The van der Waals surface area contributed by atoms with Crippen molar-refractivity contribution >= 4 is 34.6 Å². The first-order valence-electron chi connectivity index (χ1n) is 9.52. The van der Waals surface area contributed by atoms with E-state index in [2.05, 4.69) is 9.47 Å². The molecular formula is C22H12F6N2O4S. The highest BCUT2D eigenvalue weighted by atomic mass is 32.2. The molecule has 1 fully saturated rings. The molecule has 1 saturated heterocycles. The highest BCUT2D eigenvalue weighted by Crippen LogP contribution is 2.37. The minimum atomic E-state index is -4.86. The number of alkyl halides is 6. The van der Waals surface area contributed by atoms with Crippen molar-refractivity contribution in [1.29, 1.82) is 5.41 Å². The number of carbonyl (C=O) groups excluding carboxylic acids is 1. The van der Waals surface area contributed by atoms with Gasteiger partial charge in [0.25, 0.3) is 5.91 Å². The van der Waals surface area contributed by atoms with Crippen LogP contribution in [0.5, 0.6) is 11.5 Å². The van der Waals surface area contributed by atoms with Crippen molar-refractivity contribution in [3.05, 3.63) is 71.3 Å². The van der Waals surface area contributed by atoms with E-state index in [1.807, 2.05) is 0 Å². The number of nitrogens with one attached hydrogen (secondary N) is 1. The van der Waals surface area contributed by atoms with Crippen molar-refractivity contribution in [1.82, 2.24) is 0 Å². The van der Waals surface area contributed by atoms with Crippen LogP contribution in [0.3, 0.4) is 0 Å². The Kier molecular flexibility index (Phi) is 6.28. The van der Waals surface area contributed by atoms with Gasteiger partial charge in [0.2, 0.25) is 0 Å². The zero-order valence-electron chi connectivity index (χ0n) is 17.1. The Morgan fingerprint density at radius 2 is 1.37 bits per heavy atom. The lowest BCUT2D eigenvalue weighted by Crippen LogP contribution is -2.28. The molecule has 0 bridgehead atoms. The van der Waals surface area contributed by atoms with Gasteiger partial charge in [0.15, 0.2) is 5.17 Å². The molecule has 1 aromatic heterocycles. The van der Waals surface area contributed by atoms with Gasteiger partial charge in [-0.05, 0) is 72.4 Å². The fourth-order valence-electron chi connectivity index (χ4n) is 3.05. The van der Waals surface area contributed by atoms with Gasteiger partial charge in [-0.15, -0.1) is 26.3 Å². The van der Waals surface area contributed by atoms with Gasteiger partial charge in [-0.2, -0.15) is 0 Å². The van der Waals surface area contributed by atoms with Crippen LogP contribution in [-0.4, -0.2) is 23.8 Å². The molecule has 35 heavy (non-hydrogen) atoms. The lowest BCUT2D eigenvalue weighted by molar-refractivity contribution is -0.275. The van der Waals surface area contributed by atoms with Crippen molar-refractivity contribution < 1.29 is 45.0 Å². The molecule has 0 atom stereocenters. The Balaban J connectivity index is 1.48. The van der Waals surface area contributed by atoms with Gasteiger partial charge in [0, 0.05) is 11.6 Å². The largest absolute Gasteiger partial charge is 0.573 e. The molecular weight excluding hydrogens is 502 g/mol. The molecule has 6 nitrogen and oxygen atoms in total. The second-order valence-corrected chi connectivity index (χ2v) is 7.90. The van der Waals surface area contributed by atoms with Gasteiger partial charge >= 0.3 is 12.7 Å². The first-order chi connectivity index (χ1) is 16.4. The second-order valence-electron chi connectivity index (χ2n) is 6.87. The number of thioether (sulfide) groups is 1. The summed E-state index contributed by atoms with van der Waals surface area (Å²) in [6, 6.07) is 12.6. The first-order valence-corrected chi connectivity index (χ1v) is 10.3. The van der Waals surface area contributed by atoms with E-state index in [9.17, 15) is 31.1 Å². The number of nitrogens with zero attached hydrogens (tertiary/aromatic N) is 1. The molecule has 0 radical (unpaired) electrons. The maximum atomic E-state index is 12.8. The lowest BCUT2D eigenvalue weighted by Gasteiger charge is -2.15. The standard InChI is InChI=1S/C22H12F6N2O4S/c23-21(24,25)33-14-5-1-12(2-6-14)17-10-9-16(32-17)11-18-19(31)30(20(29)35-18)13-3-7-15(8-4-13)34-22(26,27)28/h1-11,29H/b18-11-,29-20?. The van der Waals surface area contributed by atoms with E-state index in [-0.39, 0.29) is 27.3 Å².